The third-order valence-electron chi connectivity index (χ3n) is 4.25. The highest BCUT2D eigenvalue weighted by Gasteiger charge is 2.28. The lowest BCUT2D eigenvalue weighted by Crippen LogP contribution is -2.39. The predicted molar refractivity (Wildman–Crippen MR) is 82.5 cm³/mol. The lowest BCUT2D eigenvalue weighted by atomic mass is 9.75. The largest absolute Gasteiger partial charge is 0.349 e. The Kier molecular flexibility index (Phi) is 4.33. The molecule has 1 aromatic rings. The Morgan fingerprint density at radius 3 is 2.55 bits per heavy atom. The highest BCUT2D eigenvalue weighted by Crippen LogP contribution is 2.35. The summed E-state index contributed by atoms with van der Waals surface area (Å²) in [7, 11) is 0. The minimum Gasteiger partial charge on any atom is -0.349 e. The first-order chi connectivity index (χ1) is 9.41. The molecule has 1 aliphatic carbocycles. The number of hydrogen-bond acceptors (Lipinski definition) is 3. The standard InChI is InChI=1S/C16H25N3O/c1-11-4-5-13(14(10-11)19-17)15(20)18-12-6-8-16(2,3)9-7-12/h4-5,10,12,19H,6-9,17H2,1-3H3,(H,18,20). The van der Waals surface area contributed by atoms with Crippen LogP contribution in [0.3, 0.4) is 0 Å². The fourth-order valence-electron chi connectivity index (χ4n) is 2.78. The van der Waals surface area contributed by atoms with Crippen molar-refractivity contribution in [1.29, 1.82) is 0 Å². The predicted octanol–water partition coefficient (Wildman–Crippen LogP) is 2.98. The van der Waals surface area contributed by atoms with Gasteiger partial charge in [-0.05, 0) is 55.7 Å². The minimum atomic E-state index is -0.0392. The van der Waals surface area contributed by atoms with E-state index in [4.69, 9.17) is 5.84 Å². The van der Waals surface area contributed by atoms with Crippen molar-refractivity contribution in [2.75, 3.05) is 5.43 Å². The molecule has 0 atom stereocenters. The van der Waals surface area contributed by atoms with E-state index >= 15 is 0 Å². The van der Waals surface area contributed by atoms with E-state index in [-0.39, 0.29) is 11.9 Å². The summed E-state index contributed by atoms with van der Waals surface area (Å²) >= 11 is 0. The number of nitrogen functional groups attached to an aromatic ring is 1. The maximum Gasteiger partial charge on any atom is 0.253 e. The van der Waals surface area contributed by atoms with Crippen molar-refractivity contribution in [1.82, 2.24) is 5.32 Å². The van der Waals surface area contributed by atoms with E-state index in [1.807, 2.05) is 25.1 Å². The van der Waals surface area contributed by atoms with Gasteiger partial charge in [-0.3, -0.25) is 10.6 Å². The van der Waals surface area contributed by atoms with Crippen LogP contribution in [0.1, 0.15) is 55.5 Å². The molecule has 1 fully saturated rings. The molecule has 0 aromatic heterocycles. The van der Waals surface area contributed by atoms with E-state index in [1.165, 1.54) is 0 Å². The van der Waals surface area contributed by atoms with Crippen molar-refractivity contribution < 1.29 is 4.79 Å². The average molecular weight is 275 g/mol. The fourth-order valence-corrected chi connectivity index (χ4v) is 2.78. The molecule has 1 aromatic carbocycles. The SMILES string of the molecule is Cc1ccc(C(=O)NC2CCC(C)(C)CC2)c(NN)c1. The van der Waals surface area contributed by atoms with Crippen LogP contribution >= 0.6 is 0 Å². The molecular formula is C16H25N3O. The Hall–Kier alpha value is -1.55. The number of hydrazine groups is 1. The highest BCUT2D eigenvalue weighted by molar-refractivity contribution is 5.99. The number of rotatable bonds is 3. The van der Waals surface area contributed by atoms with Crippen molar-refractivity contribution in [2.45, 2.75) is 52.5 Å². The highest BCUT2D eigenvalue weighted by atomic mass is 16.1. The summed E-state index contributed by atoms with van der Waals surface area (Å²) in [6.45, 7) is 6.56. The van der Waals surface area contributed by atoms with E-state index < -0.39 is 0 Å². The van der Waals surface area contributed by atoms with Gasteiger partial charge in [0, 0.05) is 6.04 Å². The van der Waals surface area contributed by atoms with Gasteiger partial charge in [0.2, 0.25) is 0 Å². The maximum absolute atomic E-state index is 12.4. The van der Waals surface area contributed by atoms with Crippen molar-refractivity contribution in [3.8, 4) is 0 Å². The first kappa shape index (κ1) is 14.9. The van der Waals surface area contributed by atoms with Gasteiger partial charge in [0.15, 0.2) is 0 Å². The number of carbonyl (C=O) groups excluding carboxylic acids is 1. The van der Waals surface area contributed by atoms with Crippen LogP contribution in [0.2, 0.25) is 0 Å². The van der Waals surface area contributed by atoms with Crippen molar-refractivity contribution in [2.24, 2.45) is 11.3 Å². The molecule has 0 unspecified atom stereocenters. The molecule has 2 rings (SSSR count). The zero-order valence-electron chi connectivity index (χ0n) is 12.6. The van der Waals surface area contributed by atoms with Gasteiger partial charge < -0.3 is 10.7 Å². The van der Waals surface area contributed by atoms with E-state index in [9.17, 15) is 4.79 Å². The van der Waals surface area contributed by atoms with Crippen molar-refractivity contribution in [3.05, 3.63) is 29.3 Å². The summed E-state index contributed by atoms with van der Waals surface area (Å²) in [5, 5.41) is 3.13. The van der Waals surface area contributed by atoms with Gasteiger partial charge in [0.1, 0.15) is 0 Å². The molecule has 0 bridgehead atoms. The molecule has 1 aliphatic rings. The lowest BCUT2D eigenvalue weighted by molar-refractivity contribution is 0.0910. The summed E-state index contributed by atoms with van der Waals surface area (Å²) in [5.41, 5.74) is 5.39. The normalized spacial score (nSPS) is 18.6. The molecule has 0 spiro atoms. The molecule has 4 nitrogen and oxygen atoms in total. The Labute approximate surface area is 121 Å². The summed E-state index contributed by atoms with van der Waals surface area (Å²) in [6.07, 6.45) is 4.42. The molecule has 20 heavy (non-hydrogen) atoms. The van der Waals surface area contributed by atoms with Crippen LogP contribution < -0.4 is 16.6 Å². The number of nitrogens with two attached hydrogens (primary N) is 1. The minimum absolute atomic E-state index is 0.0392. The molecule has 4 N–H and O–H groups in total. The molecular weight excluding hydrogens is 250 g/mol. The second-order valence-electron chi connectivity index (χ2n) is 6.61. The number of anilines is 1. The summed E-state index contributed by atoms with van der Waals surface area (Å²) in [4.78, 5) is 12.4. The average Bonchev–Trinajstić information content (AvgIpc) is 2.40. The van der Waals surface area contributed by atoms with E-state index in [2.05, 4.69) is 24.6 Å². The molecule has 0 heterocycles. The Morgan fingerprint density at radius 1 is 1.30 bits per heavy atom. The number of carbonyl (C=O) groups is 1. The molecule has 1 amide bonds. The lowest BCUT2D eigenvalue weighted by Gasteiger charge is -2.34. The molecule has 110 valence electrons. The van der Waals surface area contributed by atoms with Crippen LogP contribution in [-0.4, -0.2) is 11.9 Å². The summed E-state index contributed by atoms with van der Waals surface area (Å²) in [6, 6.07) is 5.92. The number of nitrogens with one attached hydrogen (secondary N) is 2. The summed E-state index contributed by atoms with van der Waals surface area (Å²) in [5.74, 6) is 5.46. The zero-order valence-corrected chi connectivity index (χ0v) is 12.6. The first-order valence-corrected chi connectivity index (χ1v) is 7.29. The smallest absolute Gasteiger partial charge is 0.253 e. The van der Waals surface area contributed by atoms with Gasteiger partial charge in [-0.25, -0.2) is 0 Å². The van der Waals surface area contributed by atoms with Gasteiger partial charge in [-0.15, -0.1) is 0 Å². The van der Waals surface area contributed by atoms with Crippen LogP contribution in [0.25, 0.3) is 0 Å². The molecule has 4 heteroatoms. The van der Waals surface area contributed by atoms with Gasteiger partial charge in [0.05, 0.1) is 11.3 Å². The third kappa shape index (κ3) is 3.51. The number of amides is 1. The Morgan fingerprint density at radius 2 is 1.95 bits per heavy atom. The van der Waals surface area contributed by atoms with Gasteiger partial charge in [-0.1, -0.05) is 19.9 Å². The third-order valence-corrected chi connectivity index (χ3v) is 4.25. The van der Waals surface area contributed by atoms with Crippen LogP contribution in [0.15, 0.2) is 18.2 Å². The first-order valence-electron chi connectivity index (χ1n) is 7.29. The fraction of sp³-hybridized carbons (Fsp3) is 0.562. The zero-order chi connectivity index (χ0) is 14.8. The summed E-state index contributed by atoms with van der Waals surface area (Å²) < 4.78 is 0. The maximum atomic E-state index is 12.4. The molecule has 0 saturated heterocycles. The molecule has 1 saturated carbocycles. The van der Waals surface area contributed by atoms with Gasteiger partial charge in [0.25, 0.3) is 5.91 Å². The van der Waals surface area contributed by atoms with E-state index in [0.29, 0.717) is 16.7 Å². The van der Waals surface area contributed by atoms with Crippen LogP contribution in [-0.2, 0) is 0 Å². The molecule has 0 aliphatic heterocycles. The number of aryl methyl sites for hydroxylation is 1. The Balaban J connectivity index is 2.02. The van der Waals surface area contributed by atoms with Crippen LogP contribution in [0.5, 0.6) is 0 Å². The number of benzene rings is 1. The second-order valence-corrected chi connectivity index (χ2v) is 6.61. The monoisotopic (exact) mass is 275 g/mol. The van der Waals surface area contributed by atoms with Gasteiger partial charge >= 0.3 is 0 Å². The van der Waals surface area contributed by atoms with Crippen molar-refractivity contribution >= 4 is 11.6 Å². The Bertz CT molecular complexity index is 486. The molecule has 0 radical (unpaired) electrons. The van der Waals surface area contributed by atoms with Crippen LogP contribution in [0, 0.1) is 12.3 Å². The van der Waals surface area contributed by atoms with E-state index in [1.54, 1.807) is 0 Å². The van der Waals surface area contributed by atoms with Crippen molar-refractivity contribution in [3.63, 3.8) is 0 Å². The second kappa shape index (κ2) is 5.83. The van der Waals surface area contributed by atoms with Gasteiger partial charge in [-0.2, -0.15) is 0 Å². The number of hydrogen-bond donors (Lipinski definition) is 3. The van der Waals surface area contributed by atoms with Crippen LogP contribution in [0.4, 0.5) is 5.69 Å². The van der Waals surface area contributed by atoms with E-state index in [0.717, 1.165) is 31.2 Å². The quantitative estimate of drug-likeness (QED) is 0.587. The topological polar surface area (TPSA) is 67.2 Å².